The second kappa shape index (κ2) is 5.11. The van der Waals surface area contributed by atoms with Gasteiger partial charge >= 0.3 is 0 Å². The quantitative estimate of drug-likeness (QED) is 0.697. The highest BCUT2D eigenvalue weighted by Crippen LogP contribution is 2.30. The molecule has 2 heteroatoms. The van der Waals surface area contributed by atoms with Gasteiger partial charge in [-0.3, -0.25) is 9.69 Å². The van der Waals surface area contributed by atoms with Gasteiger partial charge < -0.3 is 0 Å². The molecule has 2 rings (SSSR count). The molecule has 0 amide bonds. The first-order chi connectivity index (χ1) is 7.29. The van der Waals surface area contributed by atoms with E-state index in [4.69, 9.17) is 0 Å². The summed E-state index contributed by atoms with van der Waals surface area (Å²) in [6.45, 7) is 4.20. The Morgan fingerprint density at radius 2 is 2.00 bits per heavy atom. The summed E-state index contributed by atoms with van der Waals surface area (Å²) in [6.07, 6.45) is 8.66. The van der Waals surface area contributed by atoms with Crippen LogP contribution in [0, 0.1) is 5.92 Å². The highest BCUT2D eigenvalue weighted by Gasteiger charge is 2.27. The molecular formula is C13H23NO. The molecule has 0 aromatic rings. The fourth-order valence-corrected chi connectivity index (χ4v) is 3.09. The van der Waals surface area contributed by atoms with E-state index in [1.807, 2.05) is 0 Å². The normalized spacial score (nSPS) is 34.3. The molecule has 0 atom stereocenters. The lowest BCUT2D eigenvalue weighted by Gasteiger charge is -2.38. The summed E-state index contributed by atoms with van der Waals surface area (Å²) in [5.41, 5.74) is 0. The first-order valence-corrected chi connectivity index (χ1v) is 6.55. The molecule has 1 saturated heterocycles. The smallest absolute Gasteiger partial charge is 0.146 e. The predicted molar refractivity (Wildman–Crippen MR) is 61.9 cm³/mol. The minimum atomic E-state index is 0.457. The molecule has 0 spiro atoms. The monoisotopic (exact) mass is 209 g/mol. The SMILES string of the molecule is CCC1CCC(N2CCCC(=O)C2)CC1. The van der Waals surface area contributed by atoms with Gasteiger partial charge in [0.2, 0.25) is 0 Å². The van der Waals surface area contributed by atoms with E-state index in [1.165, 1.54) is 32.1 Å². The van der Waals surface area contributed by atoms with E-state index in [2.05, 4.69) is 11.8 Å². The number of piperidine rings is 1. The van der Waals surface area contributed by atoms with E-state index in [0.717, 1.165) is 37.9 Å². The zero-order chi connectivity index (χ0) is 10.7. The van der Waals surface area contributed by atoms with E-state index < -0.39 is 0 Å². The van der Waals surface area contributed by atoms with Gasteiger partial charge in [-0.2, -0.15) is 0 Å². The number of carbonyl (C=O) groups is 1. The average Bonchev–Trinajstić information content (AvgIpc) is 2.29. The van der Waals surface area contributed by atoms with E-state index in [1.54, 1.807) is 0 Å². The number of hydrogen-bond acceptors (Lipinski definition) is 2. The predicted octanol–water partition coefficient (Wildman–Crippen LogP) is 2.62. The largest absolute Gasteiger partial charge is 0.298 e. The zero-order valence-corrected chi connectivity index (χ0v) is 9.87. The highest BCUT2D eigenvalue weighted by molar-refractivity contribution is 5.81. The van der Waals surface area contributed by atoms with Gasteiger partial charge in [-0.05, 0) is 44.6 Å². The van der Waals surface area contributed by atoms with Crippen LogP contribution in [-0.2, 0) is 4.79 Å². The Morgan fingerprint density at radius 3 is 2.60 bits per heavy atom. The molecule has 0 aromatic carbocycles. The van der Waals surface area contributed by atoms with Crippen molar-refractivity contribution in [3.05, 3.63) is 0 Å². The van der Waals surface area contributed by atoms with Gasteiger partial charge in [0.25, 0.3) is 0 Å². The van der Waals surface area contributed by atoms with Crippen molar-refractivity contribution in [2.45, 2.75) is 57.9 Å². The van der Waals surface area contributed by atoms with Crippen molar-refractivity contribution in [1.29, 1.82) is 0 Å². The molecule has 15 heavy (non-hydrogen) atoms. The number of likely N-dealkylation sites (tertiary alicyclic amines) is 1. The maximum absolute atomic E-state index is 11.4. The molecule has 86 valence electrons. The van der Waals surface area contributed by atoms with E-state index in [-0.39, 0.29) is 0 Å². The summed E-state index contributed by atoms with van der Waals surface area (Å²) in [7, 11) is 0. The Balaban J connectivity index is 1.81. The van der Waals surface area contributed by atoms with Crippen molar-refractivity contribution in [3.8, 4) is 0 Å². The Morgan fingerprint density at radius 1 is 1.27 bits per heavy atom. The van der Waals surface area contributed by atoms with Crippen molar-refractivity contribution in [1.82, 2.24) is 4.90 Å². The second-order valence-corrected chi connectivity index (χ2v) is 5.20. The van der Waals surface area contributed by atoms with Crippen molar-refractivity contribution in [2.75, 3.05) is 13.1 Å². The summed E-state index contributed by atoms with van der Waals surface area (Å²) < 4.78 is 0. The molecule has 0 radical (unpaired) electrons. The van der Waals surface area contributed by atoms with Gasteiger partial charge in [0.15, 0.2) is 0 Å². The van der Waals surface area contributed by atoms with Crippen LogP contribution in [0.3, 0.4) is 0 Å². The first-order valence-electron chi connectivity index (χ1n) is 6.55. The van der Waals surface area contributed by atoms with Crippen LogP contribution in [0.2, 0.25) is 0 Å². The van der Waals surface area contributed by atoms with Crippen molar-refractivity contribution in [3.63, 3.8) is 0 Å². The van der Waals surface area contributed by atoms with Gasteiger partial charge in [-0.1, -0.05) is 13.3 Å². The number of carbonyl (C=O) groups excluding carboxylic acids is 1. The van der Waals surface area contributed by atoms with Crippen LogP contribution in [-0.4, -0.2) is 29.8 Å². The number of nitrogens with zero attached hydrogens (tertiary/aromatic N) is 1. The van der Waals surface area contributed by atoms with Crippen molar-refractivity contribution < 1.29 is 4.79 Å². The molecule has 0 bridgehead atoms. The van der Waals surface area contributed by atoms with Crippen molar-refractivity contribution >= 4 is 5.78 Å². The summed E-state index contributed by atoms with van der Waals surface area (Å²) in [5.74, 6) is 1.42. The molecule has 0 N–H and O–H groups in total. The van der Waals surface area contributed by atoms with Crippen LogP contribution in [0.4, 0.5) is 0 Å². The number of rotatable bonds is 2. The molecule has 1 aliphatic heterocycles. The molecule has 2 aliphatic rings. The molecule has 2 fully saturated rings. The van der Waals surface area contributed by atoms with Gasteiger partial charge in [0.1, 0.15) is 5.78 Å². The summed E-state index contributed by atoms with van der Waals surface area (Å²) in [5, 5.41) is 0. The third-order valence-corrected chi connectivity index (χ3v) is 4.19. The lowest BCUT2D eigenvalue weighted by molar-refractivity contribution is -0.123. The van der Waals surface area contributed by atoms with Gasteiger partial charge in [0.05, 0.1) is 6.54 Å². The van der Waals surface area contributed by atoms with E-state index >= 15 is 0 Å². The molecule has 1 heterocycles. The lowest BCUT2D eigenvalue weighted by Crippen LogP contribution is -2.44. The highest BCUT2D eigenvalue weighted by atomic mass is 16.1. The first kappa shape index (κ1) is 11.1. The number of hydrogen-bond donors (Lipinski definition) is 0. The van der Waals surface area contributed by atoms with E-state index in [9.17, 15) is 4.79 Å². The van der Waals surface area contributed by atoms with Crippen LogP contribution in [0.15, 0.2) is 0 Å². The van der Waals surface area contributed by atoms with Crippen LogP contribution in [0.1, 0.15) is 51.9 Å². The molecule has 1 saturated carbocycles. The Kier molecular flexibility index (Phi) is 3.79. The Labute approximate surface area is 93.0 Å². The standard InChI is InChI=1S/C13H23NO/c1-2-11-5-7-12(8-6-11)14-9-3-4-13(15)10-14/h11-12H,2-10H2,1H3. The lowest BCUT2D eigenvalue weighted by atomic mass is 9.83. The minimum absolute atomic E-state index is 0.457. The van der Waals surface area contributed by atoms with Gasteiger partial charge in [-0.25, -0.2) is 0 Å². The molecule has 0 unspecified atom stereocenters. The average molecular weight is 209 g/mol. The Bertz CT molecular complexity index is 219. The zero-order valence-electron chi connectivity index (χ0n) is 9.87. The molecule has 0 aromatic heterocycles. The van der Waals surface area contributed by atoms with Crippen LogP contribution >= 0.6 is 0 Å². The van der Waals surface area contributed by atoms with Crippen LogP contribution in [0.25, 0.3) is 0 Å². The third-order valence-electron chi connectivity index (χ3n) is 4.19. The summed E-state index contributed by atoms with van der Waals surface area (Å²) >= 11 is 0. The van der Waals surface area contributed by atoms with Crippen LogP contribution < -0.4 is 0 Å². The van der Waals surface area contributed by atoms with Gasteiger partial charge in [0, 0.05) is 12.5 Å². The van der Waals surface area contributed by atoms with Gasteiger partial charge in [-0.15, -0.1) is 0 Å². The maximum Gasteiger partial charge on any atom is 0.146 e. The fourth-order valence-electron chi connectivity index (χ4n) is 3.09. The number of ketones is 1. The molecular weight excluding hydrogens is 186 g/mol. The molecule has 1 aliphatic carbocycles. The van der Waals surface area contributed by atoms with Crippen LogP contribution in [0.5, 0.6) is 0 Å². The maximum atomic E-state index is 11.4. The minimum Gasteiger partial charge on any atom is -0.298 e. The summed E-state index contributed by atoms with van der Waals surface area (Å²) in [4.78, 5) is 13.8. The molecule has 2 nitrogen and oxygen atoms in total. The fraction of sp³-hybridized carbons (Fsp3) is 0.923. The Hall–Kier alpha value is -0.370. The topological polar surface area (TPSA) is 20.3 Å². The second-order valence-electron chi connectivity index (χ2n) is 5.20. The van der Waals surface area contributed by atoms with Crippen molar-refractivity contribution in [2.24, 2.45) is 5.92 Å². The number of Topliss-reactive ketones (excluding diaryl/α,β-unsaturated/α-hetero) is 1. The van der Waals surface area contributed by atoms with E-state index in [0.29, 0.717) is 5.78 Å². The third kappa shape index (κ3) is 2.81. The summed E-state index contributed by atoms with van der Waals surface area (Å²) in [6, 6.07) is 0.719.